The zero-order valence-electron chi connectivity index (χ0n) is 13.9. The highest BCUT2D eigenvalue weighted by molar-refractivity contribution is 14.0. The van der Waals surface area contributed by atoms with Crippen LogP contribution in [0.5, 0.6) is 0 Å². The second-order valence-electron chi connectivity index (χ2n) is 5.50. The van der Waals surface area contributed by atoms with Crippen molar-refractivity contribution in [2.75, 3.05) is 11.9 Å². The molecule has 126 valence electrons. The molecule has 1 heterocycles. The summed E-state index contributed by atoms with van der Waals surface area (Å²) in [5, 5.41) is 4.27. The SMILES string of the molecule is CCc1cnc(CCN=C(N)Nc2cccc(C(C)C)c2)s1.I. The van der Waals surface area contributed by atoms with Crippen molar-refractivity contribution >= 4 is 47.0 Å². The molecular formula is C17H25IN4S. The number of nitrogens with two attached hydrogens (primary N) is 1. The molecule has 1 aromatic carbocycles. The van der Waals surface area contributed by atoms with Crippen LogP contribution in [-0.4, -0.2) is 17.5 Å². The summed E-state index contributed by atoms with van der Waals surface area (Å²) in [7, 11) is 0. The number of thiazole rings is 1. The first kappa shape index (κ1) is 19.9. The molecule has 0 saturated heterocycles. The maximum atomic E-state index is 5.95. The lowest BCUT2D eigenvalue weighted by Crippen LogP contribution is -2.23. The van der Waals surface area contributed by atoms with Gasteiger partial charge in [0.25, 0.3) is 0 Å². The molecule has 4 nitrogen and oxygen atoms in total. The first-order valence-electron chi connectivity index (χ1n) is 7.69. The highest BCUT2D eigenvalue weighted by Gasteiger charge is 2.02. The van der Waals surface area contributed by atoms with Gasteiger partial charge in [-0.25, -0.2) is 4.98 Å². The number of aryl methyl sites for hydroxylation is 1. The van der Waals surface area contributed by atoms with Crippen LogP contribution in [0.1, 0.15) is 42.1 Å². The third-order valence-corrected chi connectivity index (χ3v) is 4.58. The lowest BCUT2D eigenvalue weighted by molar-refractivity contribution is 0.867. The monoisotopic (exact) mass is 444 g/mol. The van der Waals surface area contributed by atoms with Crippen molar-refractivity contribution in [3.05, 3.63) is 45.9 Å². The maximum Gasteiger partial charge on any atom is 0.193 e. The molecule has 0 fully saturated rings. The molecule has 0 radical (unpaired) electrons. The Balaban J connectivity index is 0.00000264. The van der Waals surface area contributed by atoms with Crippen LogP contribution in [0.2, 0.25) is 0 Å². The summed E-state index contributed by atoms with van der Waals surface area (Å²) in [6.45, 7) is 7.15. The van der Waals surface area contributed by atoms with Gasteiger partial charge in [0.15, 0.2) is 5.96 Å². The Morgan fingerprint density at radius 3 is 2.83 bits per heavy atom. The van der Waals surface area contributed by atoms with Crippen molar-refractivity contribution in [3.8, 4) is 0 Å². The Morgan fingerprint density at radius 2 is 2.17 bits per heavy atom. The predicted octanol–water partition coefficient (Wildman–Crippen LogP) is 4.42. The van der Waals surface area contributed by atoms with Gasteiger partial charge in [-0.15, -0.1) is 35.3 Å². The van der Waals surface area contributed by atoms with Gasteiger partial charge in [-0.1, -0.05) is 32.9 Å². The number of halogens is 1. The largest absolute Gasteiger partial charge is 0.370 e. The van der Waals surface area contributed by atoms with Crippen LogP contribution < -0.4 is 11.1 Å². The molecule has 0 atom stereocenters. The number of anilines is 1. The van der Waals surface area contributed by atoms with E-state index in [2.05, 4.69) is 48.2 Å². The fraction of sp³-hybridized carbons (Fsp3) is 0.412. The summed E-state index contributed by atoms with van der Waals surface area (Å²) in [6, 6.07) is 8.27. The van der Waals surface area contributed by atoms with E-state index < -0.39 is 0 Å². The number of rotatable bonds is 6. The Hall–Kier alpha value is -1.15. The van der Waals surface area contributed by atoms with E-state index in [1.165, 1.54) is 10.4 Å². The Bertz CT molecular complexity index is 637. The van der Waals surface area contributed by atoms with E-state index in [1.807, 2.05) is 18.3 Å². The quantitative estimate of drug-likeness (QED) is 0.394. The Labute approximate surface area is 159 Å². The topological polar surface area (TPSA) is 63.3 Å². The van der Waals surface area contributed by atoms with Crippen LogP contribution in [0.25, 0.3) is 0 Å². The Kier molecular flexibility index (Phi) is 8.54. The van der Waals surface area contributed by atoms with E-state index >= 15 is 0 Å². The molecule has 1 aromatic heterocycles. The Morgan fingerprint density at radius 1 is 1.39 bits per heavy atom. The number of aromatic nitrogens is 1. The van der Waals surface area contributed by atoms with Crippen LogP contribution in [-0.2, 0) is 12.8 Å². The van der Waals surface area contributed by atoms with Crippen LogP contribution >= 0.6 is 35.3 Å². The minimum absolute atomic E-state index is 0. The maximum absolute atomic E-state index is 5.95. The first-order valence-corrected chi connectivity index (χ1v) is 8.50. The fourth-order valence-electron chi connectivity index (χ4n) is 2.06. The van der Waals surface area contributed by atoms with Gasteiger partial charge in [-0.3, -0.25) is 4.99 Å². The van der Waals surface area contributed by atoms with Crippen LogP contribution in [0.15, 0.2) is 35.5 Å². The fourth-order valence-corrected chi connectivity index (χ4v) is 2.91. The molecule has 0 unspecified atom stereocenters. The molecule has 2 aromatic rings. The van der Waals surface area contributed by atoms with Gasteiger partial charge in [0.2, 0.25) is 0 Å². The highest BCUT2D eigenvalue weighted by atomic mass is 127. The lowest BCUT2D eigenvalue weighted by atomic mass is 10.0. The first-order chi connectivity index (χ1) is 10.6. The van der Waals surface area contributed by atoms with Gasteiger partial charge >= 0.3 is 0 Å². The number of hydrogen-bond acceptors (Lipinski definition) is 3. The van der Waals surface area contributed by atoms with Gasteiger partial charge in [0.1, 0.15) is 0 Å². The van der Waals surface area contributed by atoms with Crippen LogP contribution in [0.3, 0.4) is 0 Å². The molecule has 0 spiro atoms. The molecule has 0 saturated carbocycles. The molecular weight excluding hydrogens is 419 g/mol. The number of guanidine groups is 1. The molecule has 0 aliphatic carbocycles. The van der Waals surface area contributed by atoms with Crippen LogP contribution in [0, 0.1) is 0 Å². The normalized spacial score (nSPS) is 11.4. The molecule has 23 heavy (non-hydrogen) atoms. The summed E-state index contributed by atoms with van der Waals surface area (Å²) in [5.74, 6) is 0.950. The second-order valence-corrected chi connectivity index (χ2v) is 6.70. The minimum Gasteiger partial charge on any atom is -0.370 e. The third kappa shape index (κ3) is 6.47. The summed E-state index contributed by atoms with van der Waals surface area (Å²) in [6.07, 6.45) is 3.82. The summed E-state index contributed by atoms with van der Waals surface area (Å²) in [5.41, 5.74) is 8.22. The smallest absolute Gasteiger partial charge is 0.193 e. The van der Waals surface area contributed by atoms with Crippen molar-refractivity contribution < 1.29 is 0 Å². The van der Waals surface area contributed by atoms with E-state index in [4.69, 9.17) is 5.73 Å². The van der Waals surface area contributed by atoms with Crippen LogP contribution in [0.4, 0.5) is 5.69 Å². The predicted molar refractivity (Wildman–Crippen MR) is 111 cm³/mol. The highest BCUT2D eigenvalue weighted by Crippen LogP contribution is 2.18. The van der Waals surface area contributed by atoms with Crippen molar-refractivity contribution in [1.82, 2.24) is 4.98 Å². The van der Waals surface area contributed by atoms with Gasteiger partial charge in [0, 0.05) is 29.7 Å². The van der Waals surface area contributed by atoms with E-state index in [-0.39, 0.29) is 24.0 Å². The molecule has 2 rings (SSSR count). The molecule has 0 bridgehead atoms. The number of nitrogens with one attached hydrogen (secondary N) is 1. The number of hydrogen-bond donors (Lipinski definition) is 2. The standard InChI is InChI=1S/C17H24N4S.HI/c1-4-15-11-20-16(22-15)8-9-19-17(18)21-14-7-5-6-13(10-14)12(2)3;/h5-7,10-12H,4,8-9H2,1-3H3,(H3,18,19,21);1H. The zero-order chi connectivity index (χ0) is 15.9. The number of benzene rings is 1. The number of aliphatic imine (C=N–C) groups is 1. The molecule has 0 aliphatic rings. The summed E-state index contributed by atoms with van der Waals surface area (Å²) in [4.78, 5) is 10.1. The zero-order valence-corrected chi connectivity index (χ0v) is 17.0. The third-order valence-electron chi connectivity index (χ3n) is 3.38. The molecule has 3 N–H and O–H groups in total. The minimum atomic E-state index is 0. The van der Waals surface area contributed by atoms with E-state index in [0.717, 1.165) is 23.5 Å². The van der Waals surface area contributed by atoms with E-state index in [9.17, 15) is 0 Å². The van der Waals surface area contributed by atoms with Crippen molar-refractivity contribution in [1.29, 1.82) is 0 Å². The van der Waals surface area contributed by atoms with E-state index in [1.54, 1.807) is 11.3 Å². The van der Waals surface area contributed by atoms with Gasteiger partial charge < -0.3 is 11.1 Å². The van der Waals surface area contributed by atoms with Gasteiger partial charge in [-0.05, 0) is 30.0 Å². The molecule has 0 aliphatic heterocycles. The lowest BCUT2D eigenvalue weighted by Gasteiger charge is -2.09. The van der Waals surface area contributed by atoms with Crippen molar-refractivity contribution in [2.45, 2.75) is 39.5 Å². The van der Waals surface area contributed by atoms with E-state index in [0.29, 0.717) is 18.4 Å². The van der Waals surface area contributed by atoms with Gasteiger partial charge in [0.05, 0.1) is 5.01 Å². The average Bonchev–Trinajstić information content (AvgIpc) is 2.95. The average molecular weight is 444 g/mol. The molecule has 0 amide bonds. The number of nitrogens with zero attached hydrogens (tertiary/aromatic N) is 2. The van der Waals surface area contributed by atoms with Crippen molar-refractivity contribution in [2.24, 2.45) is 10.7 Å². The molecule has 6 heteroatoms. The van der Waals surface area contributed by atoms with Gasteiger partial charge in [-0.2, -0.15) is 0 Å². The second kappa shape index (κ2) is 9.87. The van der Waals surface area contributed by atoms with Crippen molar-refractivity contribution in [3.63, 3.8) is 0 Å². The summed E-state index contributed by atoms with van der Waals surface area (Å²) < 4.78 is 0. The summed E-state index contributed by atoms with van der Waals surface area (Å²) >= 11 is 1.75.